The van der Waals surface area contributed by atoms with Gasteiger partial charge in [-0.15, -0.1) is 0 Å². The molecule has 0 radical (unpaired) electrons. The average molecular weight is 767 g/mol. The van der Waals surface area contributed by atoms with Crippen LogP contribution in [0.4, 0.5) is 0 Å². The number of ether oxygens (including phenoxy) is 2. The lowest BCUT2D eigenvalue weighted by atomic mass is 10.1. The fourth-order valence-corrected chi connectivity index (χ4v) is 5.76. The zero-order valence-electron chi connectivity index (χ0n) is 33.2. The second-order valence-electron chi connectivity index (χ2n) is 13.6. The number of rotatable bonds is 15. The van der Waals surface area contributed by atoms with E-state index in [0.717, 1.165) is 16.9 Å². The van der Waals surface area contributed by atoms with Gasteiger partial charge >= 0.3 is 5.97 Å². The number of carboxylic acid groups (broad SMARTS) is 1. The minimum absolute atomic E-state index is 0.0857. The van der Waals surface area contributed by atoms with Crippen molar-refractivity contribution in [3.63, 3.8) is 0 Å². The van der Waals surface area contributed by atoms with E-state index in [2.05, 4.69) is 39.4 Å². The predicted molar refractivity (Wildman–Crippen MR) is 229 cm³/mol. The summed E-state index contributed by atoms with van der Waals surface area (Å²) in [6.07, 6.45) is 0. The SMILES string of the molecule is CN(C)C(CN)c1ccccc1.CN(C)C(CNC(=O)c1ccc(OCc2ccccc2)cc1)c1ccccc1.O=C(O)c1ccc(OCc2ccccc2)cc1. The van der Waals surface area contributed by atoms with Crippen molar-refractivity contribution in [2.75, 3.05) is 41.3 Å². The number of likely N-dealkylation sites (N-methyl/N-ethyl adjacent to an activating group) is 2. The summed E-state index contributed by atoms with van der Waals surface area (Å²) in [6.45, 7) is 2.19. The second-order valence-corrected chi connectivity index (χ2v) is 13.6. The standard InChI is InChI=1S/C24H26N2O2.C14H12O3.C10H16N2/c1-26(2)23(20-11-7-4-8-12-20)17-25-24(27)21-13-15-22(16-14-21)28-18-19-9-5-3-6-10-19;15-14(16)12-6-8-13(9-7-12)17-10-11-4-2-1-3-5-11;1-12(2)10(8-11)9-6-4-3-5-7-9/h3-16,23H,17-18H2,1-2H3,(H,25,27);1-9H,10H2,(H,15,16);3-7,10H,8,11H2,1-2H3. The monoisotopic (exact) mass is 766 g/mol. The van der Waals surface area contributed by atoms with Crippen LogP contribution in [0.25, 0.3) is 0 Å². The molecule has 6 aromatic carbocycles. The first-order valence-electron chi connectivity index (χ1n) is 18.8. The summed E-state index contributed by atoms with van der Waals surface area (Å²) < 4.78 is 11.3. The molecular formula is C48H54N4O5. The van der Waals surface area contributed by atoms with Crippen LogP contribution in [0.15, 0.2) is 170 Å². The number of nitrogens with two attached hydrogens (primary N) is 1. The zero-order valence-corrected chi connectivity index (χ0v) is 33.2. The Labute approximate surface area is 337 Å². The summed E-state index contributed by atoms with van der Waals surface area (Å²) in [5, 5.41) is 11.8. The minimum Gasteiger partial charge on any atom is -0.489 e. The normalized spacial score (nSPS) is 11.6. The molecule has 0 fully saturated rings. The maximum absolute atomic E-state index is 12.5. The van der Waals surface area contributed by atoms with Gasteiger partial charge in [-0.1, -0.05) is 121 Å². The van der Waals surface area contributed by atoms with Crippen LogP contribution in [0, 0.1) is 0 Å². The fraction of sp³-hybridized carbons (Fsp3) is 0.208. The summed E-state index contributed by atoms with van der Waals surface area (Å²) in [6, 6.07) is 54.4. The Morgan fingerprint density at radius 2 is 0.912 bits per heavy atom. The fourth-order valence-electron chi connectivity index (χ4n) is 5.76. The third kappa shape index (κ3) is 15.1. The highest BCUT2D eigenvalue weighted by Crippen LogP contribution is 2.19. The Bertz CT molecular complexity index is 2010. The molecule has 0 heterocycles. The molecule has 0 spiro atoms. The molecule has 2 unspecified atom stereocenters. The summed E-state index contributed by atoms with van der Waals surface area (Å²) >= 11 is 0. The number of hydrogen-bond donors (Lipinski definition) is 3. The molecule has 0 aliphatic carbocycles. The van der Waals surface area contributed by atoms with E-state index in [-0.39, 0.29) is 17.5 Å². The van der Waals surface area contributed by atoms with Gasteiger partial charge in [-0.25, -0.2) is 4.79 Å². The van der Waals surface area contributed by atoms with Crippen molar-refractivity contribution in [2.45, 2.75) is 25.3 Å². The number of benzene rings is 6. The van der Waals surface area contributed by atoms with E-state index in [1.165, 1.54) is 23.3 Å². The maximum atomic E-state index is 12.5. The number of nitrogens with one attached hydrogen (secondary N) is 1. The molecule has 1 amide bonds. The van der Waals surface area contributed by atoms with Crippen molar-refractivity contribution in [1.82, 2.24) is 15.1 Å². The third-order valence-electron chi connectivity index (χ3n) is 9.01. The molecule has 0 aliphatic rings. The van der Waals surface area contributed by atoms with Gasteiger partial charge in [-0.2, -0.15) is 0 Å². The first-order chi connectivity index (χ1) is 27.6. The van der Waals surface area contributed by atoms with E-state index in [0.29, 0.717) is 43.7 Å². The first kappa shape index (κ1) is 43.5. The van der Waals surface area contributed by atoms with Gasteiger partial charge in [0.15, 0.2) is 0 Å². The largest absolute Gasteiger partial charge is 0.489 e. The predicted octanol–water partition coefficient (Wildman–Crippen LogP) is 8.51. The third-order valence-corrected chi connectivity index (χ3v) is 9.01. The van der Waals surface area contributed by atoms with Crippen molar-refractivity contribution >= 4 is 11.9 Å². The maximum Gasteiger partial charge on any atom is 0.335 e. The van der Waals surface area contributed by atoms with E-state index < -0.39 is 5.97 Å². The number of hydrogen-bond acceptors (Lipinski definition) is 7. The summed E-state index contributed by atoms with van der Waals surface area (Å²) in [5.74, 6) is 0.395. The molecule has 4 N–H and O–H groups in total. The van der Waals surface area contributed by atoms with Crippen LogP contribution in [0.1, 0.15) is 55.1 Å². The molecule has 9 heteroatoms. The number of carbonyl (C=O) groups excluding carboxylic acids is 1. The number of nitrogens with zero attached hydrogens (tertiary/aromatic N) is 2. The number of aromatic carboxylic acids is 1. The van der Waals surface area contributed by atoms with Crippen LogP contribution >= 0.6 is 0 Å². The second kappa shape index (κ2) is 23.6. The highest BCUT2D eigenvalue weighted by Gasteiger charge is 2.16. The van der Waals surface area contributed by atoms with Gasteiger partial charge in [0, 0.05) is 24.7 Å². The molecule has 57 heavy (non-hydrogen) atoms. The van der Waals surface area contributed by atoms with Gasteiger partial charge in [-0.3, -0.25) is 4.79 Å². The molecule has 2 atom stereocenters. The highest BCUT2D eigenvalue weighted by molar-refractivity contribution is 5.94. The average Bonchev–Trinajstić information content (AvgIpc) is 3.24. The molecule has 0 bridgehead atoms. The smallest absolute Gasteiger partial charge is 0.335 e. The molecular weight excluding hydrogens is 713 g/mol. The molecule has 0 aliphatic heterocycles. The lowest BCUT2D eigenvalue weighted by Crippen LogP contribution is -2.34. The van der Waals surface area contributed by atoms with Crippen LogP contribution in [-0.2, 0) is 13.2 Å². The number of carboxylic acids is 1. The first-order valence-corrected chi connectivity index (χ1v) is 18.8. The van der Waals surface area contributed by atoms with Crippen molar-refractivity contribution < 1.29 is 24.2 Å². The van der Waals surface area contributed by atoms with Crippen molar-refractivity contribution in [3.05, 3.63) is 203 Å². The molecule has 0 aromatic heterocycles. The molecule has 9 nitrogen and oxygen atoms in total. The van der Waals surface area contributed by atoms with E-state index in [1.807, 2.05) is 137 Å². The van der Waals surface area contributed by atoms with Crippen LogP contribution < -0.4 is 20.5 Å². The summed E-state index contributed by atoms with van der Waals surface area (Å²) in [4.78, 5) is 27.4. The van der Waals surface area contributed by atoms with Crippen LogP contribution in [0.3, 0.4) is 0 Å². The van der Waals surface area contributed by atoms with Gasteiger partial charge < -0.3 is 35.4 Å². The van der Waals surface area contributed by atoms with Gasteiger partial charge in [0.05, 0.1) is 11.6 Å². The Hall–Kier alpha value is -6.26. The molecule has 6 aromatic rings. The quantitative estimate of drug-likeness (QED) is 0.0953. The van der Waals surface area contributed by atoms with Crippen molar-refractivity contribution in [3.8, 4) is 11.5 Å². The Morgan fingerprint density at radius 3 is 1.28 bits per heavy atom. The molecule has 0 saturated heterocycles. The summed E-state index contributed by atoms with van der Waals surface area (Å²) in [5.41, 5.74) is 11.2. The number of carbonyl (C=O) groups is 2. The van der Waals surface area contributed by atoms with E-state index >= 15 is 0 Å². The van der Waals surface area contributed by atoms with Crippen LogP contribution in [-0.4, -0.2) is 68.1 Å². The Balaban J connectivity index is 0.000000210. The molecule has 6 rings (SSSR count). The summed E-state index contributed by atoms with van der Waals surface area (Å²) in [7, 11) is 8.13. The van der Waals surface area contributed by atoms with Gasteiger partial charge in [-0.05, 0) is 99.0 Å². The van der Waals surface area contributed by atoms with E-state index in [4.69, 9.17) is 20.3 Å². The van der Waals surface area contributed by atoms with Gasteiger partial charge in [0.2, 0.25) is 0 Å². The molecule has 0 saturated carbocycles. The highest BCUT2D eigenvalue weighted by atomic mass is 16.5. The lowest BCUT2D eigenvalue weighted by Gasteiger charge is -2.25. The van der Waals surface area contributed by atoms with Crippen molar-refractivity contribution in [2.24, 2.45) is 5.73 Å². The molecule has 296 valence electrons. The van der Waals surface area contributed by atoms with Crippen molar-refractivity contribution in [1.29, 1.82) is 0 Å². The van der Waals surface area contributed by atoms with Gasteiger partial charge in [0.25, 0.3) is 5.91 Å². The lowest BCUT2D eigenvalue weighted by molar-refractivity contribution is 0.0696. The van der Waals surface area contributed by atoms with Gasteiger partial charge in [0.1, 0.15) is 24.7 Å². The Kier molecular flexibility index (Phi) is 18.0. The Morgan fingerprint density at radius 1 is 0.544 bits per heavy atom. The van der Waals surface area contributed by atoms with Crippen LogP contribution in [0.5, 0.6) is 11.5 Å². The number of amides is 1. The van der Waals surface area contributed by atoms with E-state index in [1.54, 1.807) is 24.3 Å². The van der Waals surface area contributed by atoms with E-state index in [9.17, 15) is 9.59 Å². The van der Waals surface area contributed by atoms with Crippen LogP contribution in [0.2, 0.25) is 0 Å². The topological polar surface area (TPSA) is 117 Å². The minimum atomic E-state index is -0.931. The zero-order chi connectivity index (χ0) is 40.8.